The van der Waals surface area contributed by atoms with Gasteiger partial charge in [-0.1, -0.05) is 36.4 Å². The van der Waals surface area contributed by atoms with Crippen molar-refractivity contribution in [2.45, 2.75) is 4.90 Å². The Balaban J connectivity index is 1.65. The first-order chi connectivity index (χ1) is 13.4. The highest BCUT2D eigenvalue weighted by Crippen LogP contribution is 2.41. The smallest absolute Gasteiger partial charge is 0.339 e. The molecule has 1 aliphatic heterocycles. The SMILES string of the molecule is COC(=O)c1ccccc1NC(=O)CN1c2cccc3cccc(c23)S1(=O)=O. The van der Waals surface area contributed by atoms with Crippen molar-refractivity contribution in [1.29, 1.82) is 0 Å². The van der Waals surface area contributed by atoms with Crippen molar-refractivity contribution in [2.24, 2.45) is 0 Å². The zero-order valence-electron chi connectivity index (χ0n) is 14.9. The maximum atomic E-state index is 12.9. The molecule has 142 valence electrons. The van der Waals surface area contributed by atoms with Crippen LogP contribution in [-0.4, -0.2) is 33.9 Å². The number of nitrogens with one attached hydrogen (secondary N) is 1. The van der Waals surface area contributed by atoms with Crippen molar-refractivity contribution in [2.75, 3.05) is 23.3 Å². The van der Waals surface area contributed by atoms with Crippen molar-refractivity contribution in [3.05, 3.63) is 66.2 Å². The highest BCUT2D eigenvalue weighted by molar-refractivity contribution is 7.93. The summed E-state index contributed by atoms with van der Waals surface area (Å²) in [5.41, 5.74) is 0.907. The Hall–Kier alpha value is -3.39. The highest BCUT2D eigenvalue weighted by atomic mass is 32.2. The van der Waals surface area contributed by atoms with E-state index in [2.05, 4.69) is 5.32 Å². The van der Waals surface area contributed by atoms with Gasteiger partial charge in [-0.2, -0.15) is 0 Å². The minimum atomic E-state index is -3.84. The third-order valence-corrected chi connectivity index (χ3v) is 6.38. The summed E-state index contributed by atoms with van der Waals surface area (Å²) in [5.74, 6) is -1.16. The van der Waals surface area contributed by atoms with Gasteiger partial charge in [-0.25, -0.2) is 13.2 Å². The number of esters is 1. The molecule has 0 saturated heterocycles. The summed E-state index contributed by atoms with van der Waals surface area (Å²) in [5, 5.41) is 4.00. The topological polar surface area (TPSA) is 92.8 Å². The van der Waals surface area contributed by atoms with E-state index in [0.29, 0.717) is 11.1 Å². The number of anilines is 2. The van der Waals surface area contributed by atoms with Crippen molar-refractivity contribution in [1.82, 2.24) is 0 Å². The van der Waals surface area contributed by atoms with E-state index in [9.17, 15) is 18.0 Å². The van der Waals surface area contributed by atoms with Crippen LogP contribution in [0.3, 0.4) is 0 Å². The summed E-state index contributed by atoms with van der Waals surface area (Å²) in [7, 11) is -2.59. The van der Waals surface area contributed by atoms with Crippen molar-refractivity contribution in [3.8, 4) is 0 Å². The average Bonchev–Trinajstić information content (AvgIpc) is 2.91. The van der Waals surface area contributed by atoms with Gasteiger partial charge in [-0.15, -0.1) is 0 Å². The van der Waals surface area contributed by atoms with E-state index < -0.39 is 28.4 Å². The standard InChI is InChI=1S/C20H16N2O5S/c1-27-20(24)14-8-2-3-9-15(14)21-18(23)12-22-16-10-4-6-13-7-5-11-17(19(13)16)28(22,25)26/h2-11H,12H2,1H3,(H,21,23). The largest absolute Gasteiger partial charge is 0.465 e. The second-order valence-electron chi connectivity index (χ2n) is 6.23. The quantitative estimate of drug-likeness (QED) is 0.685. The highest BCUT2D eigenvalue weighted by Gasteiger charge is 2.36. The van der Waals surface area contributed by atoms with E-state index in [0.717, 1.165) is 9.69 Å². The number of benzene rings is 3. The molecular weight excluding hydrogens is 380 g/mol. The number of para-hydroxylation sites is 1. The number of sulfonamides is 1. The molecule has 1 heterocycles. The fraction of sp³-hybridized carbons (Fsp3) is 0.100. The minimum absolute atomic E-state index is 0.184. The normalized spacial score (nSPS) is 14.1. The van der Waals surface area contributed by atoms with Gasteiger partial charge in [0, 0.05) is 5.39 Å². The van der Waals surface area contributed by atoms with E-state index >= 15 is 0 Å². The van der Waals surface area contributed by atoms with Gasteiger partial charge in [0.15, 0.2) is 0 Å². The minimum Gasteiger partial charge on any atom is -0.465 e. The second kappa shape index (κ2) is 6.65. The molecule has 1 amide bonds. The predicted molar refractivity (Wildman–Crippen MR) is 105 cm³/mol. The lowest BCUT2D eigenvalue weighted by Gasteiger charge is -2.18. The van der Waals surface area contributed by atoms with Crippen molar-refractivity contribution < 1.29 is 22.7 Å². The molecule has 0 radical (unpaired) electrons. The van der Waals surface area contributed by atoms with Crippen LogP contribution in [0, 0.1) is 0 Å². The van der Waals surface area contributed by atoms with E-state index in [1.54, 1.807) is 36.4 Å². The summed E-state index contributed by atoms with van der Waals surface area (Å²) < 4.78 is 31.7. The summed E-state index contributed by atoms with van der Waals surface area (Å²) in [4.78, 5) is 24.7. The molecule has 0 aliphatic carbocycles. The molecule has 0 unspecified atom stereocenters. The Morgan fingerprint density at radius 2 is 1.71 bits per heavy atom. The van der Waals surface area contributed by atoms with Gasteiger partial charge in [-0.05, 0) is 29.7 Å². The number of hydrogen-bond donors (Lipinski definition) is 1. The summed E-state index contributed by atoms with van der Waals surface area (Å²) in [6.07, 6.45) is 0. The molecule has 28 heavy (non-hydrogen) atoms. The number of ether oxygens (including phenoxy) is 1. The molecule has 7 nitrogen and oxygen atoms in total. The van der Waals surface area contributed by atoms with Gasteiger partial charge in [0.05, 0.1) is 28.9 Å². The molecule has 0 atom stereocenters. The first-order valence-corrected chi connectivity index (χ1v) is 9.89. The predicted octanol–water partition coefficient (Wildman–Crippen LogP) is 2.77. The van der Waals surface area contributed by atoms with Crippen LogP contribution in [0.15, 0.2) is 65.6 Å². The monoisotopic (exact) mass is 396 g/mol. The summed E-state index contributed by atoms with van der Waals surface area (Å²) in [6, 6.07) is 16.7. The zero-order chi connectivity index (χ0) is 19.9. The van der Waals surface area contributed by atoms with Crippen molar-refractivity contribution in [3.63, 3.8) is 0 Å². The third-order valence-electron chi connectivity index (χ3n) is 4.57. The number of rotatable bonds is 4. The van der Waals surface area contributed by atoms with Crippen LogP contribution in [0.5, 0.6) is 0 Å². The molecule has 0 spiro atoms. The Kier molecular flexibility index (Phi) is 4.27. The number of methoxy groups -OCH3 is 1. The van der Waals surface area contributed by atoms with Crippen LogP contribution in [0.2, 0.25) is 0 Å². The van der Waals surface area contributed by atoms with Gasteiger partial charge in [0.2, 0.25) is 5.91 Å². The molecule has 0 bridgehead atoms. The fourth-order valence-electron chi connectivity index (χ4n) is 3.33. The molecule has 3 aromatic carbocycles. The molecular formula is C20H16N2O5S. The van der Waals surface area contributed by atoms with Crippen LogP contribution in [-0.2, 0) is 19.6 Å². The molecule has 8 heteroatoms. The fourth-order valence-corrected chi connectivity index (χ4v) is 5.00. The first kappa shape index (κ1) is 18.0. The van der Waals surface area contributed by atoms with Crippen molar-refractivity contribution >= 4 is 44.0 Å². The first-order valence-electron chi connectivity index (χ1n) is 8.45. The van der Waals surface area contributed by atoms with E-state index in [1.807, 2.05) is 12.1 Å². The van der Waals surface area contributed by atoms with E-state index in [-0.39, 0.29) is 16.1 Å². The maximum absolute atomic E-state index is 12.9. The Bertz CT molecular complexity index is 1210. The number of amides is 1. The number of carbonyl (C=O) groups excluding carboxylic acids is 2. The molecule has 4 rings (SSSR count). The van der Waals surface area contributed by atoms with Crippen LogP contribution in [0.25, 0.3) is 10.8 Å². The Morgan fingerprint density at radius 3 is 2.46 bits per heavy atom. The van der Waals surface area contributed by atoms with Gasteiger partial charge in [-0.3, -0.25) is 9.10 Å². The molecule has 1 aliphatic rings. The van der Waals surface area contributed by atoms with E-state index in [1.165, 1.54) is 19.2 Å². The Labute approximate surface area is 161 Å². The summed E-state index contributed by atoms with van der Waals surface area (Å²) >= 11 is 0. The lowest BCUT2D eigenvalue weighted by atomic mass is 10.1. The molecule has 3 aromatic rings. The lowest BCUT2D eigenvalue weighted by molar-refractivity contribution is -0.114. The number of hydrogen-bond acceptors (Lipinski definition) is 5. The van der Waals surface area contributed by atoms with Crippen LogP contribution in [0.1, 0.15) is 10.4 Å². The van der Waals surface area contributed by atoms with Gasteiger partial charge in [0.25, 0.3) is 10.0 Å². The molecule has 0 aromatic heterocycles. The van der Waals surface area contributed by atoms with Crippen LogP contribution >= 0.6 is 0 Å². The molecule has 0 saturated carbocycles. The number of nitrogens with zero attached hydrogens (tertiary/aromatic N) is 1. The van der Waals surface area contributed by atoms with Gasteiger partial charge >= 0.3 is 5.97 Å². The third kappa shape index (κ3) is 2.78. The van der Waals surface area contributed by atoms with Crippen LogP contribution in [0.4, 0.5) is 11.4 Å². The maximum Gasteiger partial charge on any atom is 0.339 e. The van der Waals surface area contributed by atoms with E-state index in [4.69, 9.17) is 4.74 Å². The van der Waals surface area contributed by atoms with Gasteiger partial charge in [0.1, 0.15) is 6.54 Å². The number of carbonyl (C=O) groups is 2. The molecule has 1 N–H and O–H groups in total. The lowest BCUT2D eigenvalue weighted by Crippen LogP contribution is -2.35. The summed E-state index contributed by atoms with van der Waals surface area (Å²) in [6.45, 7) is -0.411. The molecule has 0 fully saturated rings. The average molecular weight is 396 g/mol. The Morgan fingerprint density at radius 1 is 1.00 bits per heavy atom. The zero-order valence-corrected chi connectivity index (χ0v) is 15.7. The van der Waals surface area contributed by atoms with Gasteiger partial charge < -0.3 is 10.1 Å². The van der Waals surface area contributed by atoms with Crippen LogP contribution < -0.4 is 9.62 Å². The second-order valence-corrected chi connectivity index (χ2v) is 8.06.